The lowest BCUT2D eigenvalue weighted by atomic mass is 10.2. The van der Waals surface area contributed by atoms with Crippen molar-refractivity contribution in [3.63, 3.8) is 0 Å². The maximum atomic E-state index is 12.4. The molecule has 2 heterocycles. The zero-order valence-corrected chi connectivity index (χ0v) is 16.1. The number of anilines is 1. The van der Waals surface area contributed by atoms with Crippen LogP contribution in [0, 0.1) is 25.2 Å². The Morgan fingerprint density at radius 2 is 2.00 bits per heavy atom. The van der Waals surface area contributed by atoms with Gasteiger partial charge in [-0.05, 0) is 44.2 Å². The molecule has 2 aromatic heterocycles. The van der Waals surface area contributed by atoms with Gasteiger partial charge >= 0.3 is 0 Å². The Hall–Kier alpha value is -3.00. The van der Waals surface area contributed by atoms with Crippen molar-refractivity contribution in [2.24, 2.45) is 5.14 Å². The molecule has 0 atom stereocenters. The molecule has 138 valence electrons. The fraction of sp³-hybridized carbons (Fsp3) is 0.118. The minimum absolute atomic E-state index is 0.0679. The van der Waals surface area contributed by atoms with Gasteiger partial charge < -0.3 is 5.32 Å². The largest absolute Gasteiger partial charge is 0.321 e. The minimum atomic E-state index is -3.81. The van der Waals surface area contributed by atoms with Gasteiger partial charge in [-0.3, -0.25) is 9.20 Å². The summed E-state index contributed by atoms with van der Waals surface area (Å²) in [4.78, 5) is 18.6. The van der Waals surface area contributed by atoms with Crippen molar-refractivity contribution in [1.29, 1.82) is 5.26 Å². The number of imidazole rings is 1. The highest BCUT2D eigenvalue weighted by molar-refractivity contribution is 7.89. The van der Waals surface area contributed by atoms with Crippen molar-refractivity contribution in [2.45, 2.75) is 18.7 Å². The molecule has 0 aliphatic carbocycles. The first kappa shape index (κ1) is 18.8. The van der Waals surface area contributed by atoms with Crippen LogP contribution in [0.15, 0.2) is 40.9 Å². The number of primary sulfonamides is 1. The summed E-state index contributed by atoms with van der Waals surface area (Å²) >= 11 is 1.52. The quantitative estimate of drug-likeness (QED) is 0.511. The van der Waals surface area contributed by atoms with E-state index in [4.69, 9.17) is 5.14 Å². The first-order valence-electron chi connectivity index (χ1n) is 7.70. The number of sulfonamides is 1. The van der Waals surface area contributed by atoms with Crippen molar-refractivity contribution in [3.05, 3.63) is 52.3 Å². The highest BCUT2D eigenvalue weighted by Crippen LogP contribution is 2.23. The Bertz CT molecular complexity index is 1210. The molecular weight excluding hydrogens is 386 g/mol. The molecule has 3 rings (SSSR count). The van der Waals surface area contributed by atoms with Crippen molar-refractivity contribution < 1.29 is 13.2 Å². The molecule has 0 saturated heterocycles. The lowest BCUT2D eigenvalue weighted by molar-refractivity contribution is -0.112. The smallest absolute Gasteiger partial charge is 0.266 e. The summed E-state index contributed by atoms with van der Waals surface area (Å²) in [5.41, 5.74) is 1.61. The summed E-state index contributed by atoms with van der Waals surface area (Å²) in [6.45, 7) is 3.76. The van der Waals surface area contributed by atoms with Gasteiger partial charge in [-0.2, -0.15) is 5.26 Å². The molecular formula is C17H15N5O3S2. The molecule has 1 amide bonds. The van der Waals surface area contributed by atoms with Gasteiger partial charge in [0.15, 0.2) is 4.96 Å². The summed E-state index contributed by atoms with van der Waals surface area (Å²) in [6.07, 6.45) is 3.38. The number of nitriles is 1. The lowest BCUT2D eigenvalue weighted by Crippen LogP contribution is -2.15. The van der Waals surface area contributed by atoms with Crippen LogP contribution in [0.25, 0.3) is 11.0 Å². The van der Waals surface area contributed by atoms with Crippen LogP contribution in [-0.2, 0) is 14.8 Å². The molecule has 27 heavy (non-hydrogen) atoms. The van der Waals surface area contributed by atoms with Gasteiger partial charge in [0.2, 0.25) is 10.0 Å². The van der Waals surface area contributed by atoms with E-state index in [1.54, 1.807) is 6.92 Å². The summed E-state index contributed by atoms with van der Waals surface area (Å²) in [5.74, 6) is -0.609. The predicted molar refractivity (Wildman–Crippen MR) is 103 cm³/mol. The molecule has 0 aliphatic rings. The van der Waals surface area contributed by atoms with Gasteiger partial charge in [0.1, 0.15) is 11.6 Å². The fourth-order valence-electron chi connectivity index (χ4n) is 2.47. The Morgan fingerprint density at radius 3 is 2.59 bits per heavy atom. The Morgan fingerprint density at radius 1 is 1.33 bits per heavy atom. The monoisotopic (exact) mass is 401 g/mol. The molecule has 0 spiro atoms. The van der Waals surface area contributed by atoms with Crippen LogP contribution in [0.2, 0.25) is 0 Å². The highest BCUT2D eigenvalue weighted by Gasteiger charge is 2.15. The summed E-state index contributed by atoms with van der Waals surface area (Å²) in [5, 5.41) is 17.0. The molecule has 8 nitrogen and oxygen atoms in total. The van der Waals surface area contributed by atoms with E-state index in [0.717, 1.165) is 9.84 Å². The van der Waals surface area contributed by atoms with Gasteiger partial charge in [-0.25, -0.2) is 18.5 Å². The maximum Gasteiger partial charge on any atom is 0.266 e. The third-order valence-corrected chi connectivity index (χ3v) is 5.58. The number of hydrogen-bond donors (Lipinski definition) is 2. The second-order valence-electron chi connectivity index (χ2n) is 5.77. The molecule has 0 radical (unpaired) electrons. The number of benzene rings is 1. The van der Waals surface area contributed by atoms with E-state index in [0.29, 0.717) is 17.1 Å². The number of aromatic nitrogens is 2. The third kappa shape index (κ3) is 3.90. The van der Waals surface area contributed by atoms with Crippen LogP contribution in [0.3, 0.4) is 0 Å². The van der Waals surface area contributed by atoms with Crippen molar-refractivity contribution in [3.8, 4) is 6.07 Å². The Labute approximate surface area is 159 Å². The first-order valence-corrected chi connectivity index (χ1v) is 10.1. The van der Waals surface area contributed by atoms with E-state index in [1.807, 2.05) is 23.6 Å². The van der Waals surface area contributed by atoms with Crippen LogP contribution < -0.4 is 10.5 Å². The number of rotatable bonds is 4. The molecule has 0 unspecified atom stereocenters. The van der Waals surface area contributed by atoms with E-state index >= 15 is 0 Å². The summed E-state index contributed by atoms with van der Waals surface area (Å²) < 4.78 is 24.4. The number of hydrogen-bond acceptors (Lipinski definition) is 6. The van der Waals surface area contributed by atoms with Crippen molar-refractivity contribution in [2.75, 3.05) is 5.32 Å². The molecule has 0 aliphatic heterocycles. The number of aryl methyl sites for hydroxylation is 2. The number of nitrogens with one attached hydrogen (secondary N) is 1. The first-order chi connectivity index (χ1) is 12.7. The SMILES string of the molecule is Cc1cn2c(/C=C(\C#N)C(=O)Nc3ccc(S(N)(=O)=O)cc3)c(C)nc2s1. The Balaban J connectivity index is 1.89. The van der Waals surface area contributed by atoms with Crippen LogP contribution >= 0.6 is 11.3 Å². The van der Waals surface area contributed by atoms with Crippen LogP contribution in [0.1, 0.15) is 16.3 Å². The van der Waals surface area contributed by atoms with Crippen LogP contribution in [0.5, 0.6) is 0 Å². The normalized spacial score (nSPS) is 12.1. The standard InChI is InChI=1S/C17H15N5O3S2/c1-10-9-22-15(11(2)20-17(22)26-10)7-12(8-18)16(23)21-13-3-5-14(6-4-13)27(19,24)25/h3-7,9H,1-2H3,(H,21,23)(H2,19,24,25)/b12-7+. The van der Waals surface area contributed by atoms with E-state index in [9.17, 15) is 18.5 Å². The Kier molecular flexibility index (Phi) is 4.84. The minimum Gasteiger partial charge on any atom is -0.321 e. The number of carbonyl (C=O) groups is 1. The topological polar surface area (TPSA) is 130 Å². The average Bonchev–Trinajstić information content (AvgIpc) is 3.07. The van der Waals surface area contributed by atoms with Gasteiger partial charge in [-0.15, -0.1) is 11.3 Å². The van der Waals surface area contributed by atoms with E-state index in [1.165, 1.54) is 41.7 Å². The average molecular weight is 401 g/mol. The lowest BCUT2D eigenvalue weighted by Gasteiger charge is -2.05. The molecule has 10 heteroatoms. The van der Waals surface area contributed by atoms with Gasteiger partial charge in [0, 0.05) is 16.8 Å². The molecule has 0 bridgehead atoms. The van der Waals surface area contributed by atoms with E-state index in [-0.39, 0.29) is 10.5 Å². The molecule has 0 saturated carbocycles. The van der Waals surface area contributed by atoms with Crippen LogP contribution in [-0.4, -0.2) is 23.7 Å². The molecule has 3 aromatic rings. The molecule has 1 aromatic carbocycles. The third-order valence-electron chi connectivity index (χ3n) is 3.75. The zero-order valence-electron chi connectivity index (χ0n) is 14.4. The maximum absolute atomic E-state index is 12.4. The summed E-state index contributed by atoms with van der Waals surface area (Å²) in [6, 6.07) is 7.24. The number of nitrogens with two attached hydrogens (primary N) is 1. The zero-order chi connectivity index (χ0) is 19.8. The highest BCUT2D eigenvalue weighted by atomic mass is 32.2. The summed E-state index contributed by atoms with van der Waals surface area (Å²) in [7, 11) is -3.81. The van der Waals surface area contributed by atoms with Crippen LogP contribution in [0.4, 0.5) is 5.69 Å². The molecule has 0 fully saturated rings. The molecule has 3 N–H and O–H groups in total. The van der Waals surface area contributed by atoms with Gasteiger partial charge in [-0.1, -0.05) is 0 Å². The number of carbonyl (C=O) groups excluding carboxylic acids is 1. The number of nitrogens with zero attached hydrogens (tertiary/aromatic N) is 3. The second-order valence-corrected chi connectivity index (χ2v) is 8.54. The van der Waals surface area contributed by atoms with Gasteiger partial charge in [0.25, 0.3) is 5.91 Å². The number of fused-ring (bicyclic) bond motifs is 1. The van der Waals surface area contributed by atoms with Crippen molar-refractivity contribution in [1.82, 2.24) is 9.38 Å². The number of amides is 1. The predicted octanol–water partition coefficient (Wildman–Crippen LogP) is 2.21. The van der Waals surface area contributed by atoms with Gasteiger partial charge in [0.05, 0.1) is 16.3 Å². The second kappa shape index (κ2) is 6.96. The van der Waals surface area contributed by atoms with Crippen molar-refractivity contribution >= 4 is 44.0 Å². The van der Waals surface area contributed by atoms with E-state index < -0.39 is 15.9 Å². The van der Waals surface area contributed by atoms with E-state index in [2.05, 4.69) is 10.3 Å². The fourth-order valence-corrected chi connectivity index (χ4v) is 3.86. The number of thiazole rings is 1.